The van der Waals surface area contributed by atoms with Crippen molar-refractivity contribution in [2.75, 3.05) is 13.1 Å². The number of piperidine rings is 1. The summed E-state index contributed by atoms with van der Waals surface area (Å²) < 4.78 is 5.12. The number of urea groups is 1. The van der Waals surface area contributed by atoms with Crippen LogP contribution in [-0.4, -0.2) is 25.2 Å². The molecule has 2 heterocycles. The molecule has 1 saturated heterocycles. The van der Waals surface area contributed by atoms with Gasteiger partial charge in [-0.2, -0.15) is 0 Å². The number of amides is 2. The largest absolute Gasteiger partial charge is 0.467 e. The maximum atomic E-state index is 11.5. The van der Waals surface area contributed by atoms with Gasteiger partial charge in [-0.1, -0.05) is 0 Å². The molecule has 0 radical (unpaired) electrons. The van der Waals surface area contributed by atoms with Crippen LogP contribution in [0.2, 0.25) is 0 Å². The maximum Gasteiger partial charge on any atom is 0.315 e. The predicted molar refractivity (Wildman–Crippen MR) is 60.0 cm³/mol. The van der Waals surface area contributed by atoms with Crippen molar-refractivity contribution in [2.45, 2.75) is 25.4 Å². The van der Waals surface area contributed by atoms with E-state index in [0.29, 0.717) is 6.54 Å². The van der Waals surface area contributed by atoms with Crippen molar-refractivity contribution in [1.82, 2.24) is 16.0 Å². The first-order valence-electron chi connectivity index (χ1n) is 5.62. The number of rotatable bonds is 3. The standard InChI is InChI=1S/C11H17N3O2/c15-11(13-8-10-4-2-6-16-10)14-9-3-1-5-12-7-9/h2,4,6,9,12H,1,3,5,7-8H2,(H2,13,14,15). The third-order valence-corrected chi connectivity index (χ3v) is 2.64. The fraction of sp³-hybridized carbons (Fsp3) is 0.545. The monoisotopic (exact) mass is 223 g/mol. The quantitative estimate of drug-likeness (QED) is 0.711. The smallest absolute Gasteiger partial charge is 0.315 e. The van der Waals surface area contributed by atoms with E-state index in [1.165, 1.54) is 0 Å². The second-order valence-electron chi connectivity index (χ2n) is 3.95. The molecule has 5 nitrogen and oxygen atoms in total. The van der Waals surface area contributed by atoms with Gasteiger partial charge in [-0.15, -0.1) is 0 Å². The summed E-state index contributed by atoms with van der Waals surface area (Å²) in [5.74, 6) is 0.761. The molecule has 0 aliphatic carbocycles. The summed E-state index contributed by atoms with van der Waals surface area (Å²) in [7, 11) is 0. The molecule has 5 heteroatoms. The SMILES string of the molecule is O=C(NCc1ccco1)NC1CCCNC1. The van der Waals surface area contributed by atoms with Gasteiger partial charge in [-0.25, -0.2) is 4.79 Å². The summed E-state index contributed by atoms with van der Waals surface area (Å²) in [4.78, 5) is 11.5. The van der Waals surface area contributed by atoms with E-state index in [1.54, 1.807) is 12.3 Å². The first-order valence-corrected chi connectivity index (χ1v) is 5.62. The molecule has 88 valence electrons. The molecule has 1 aromatic rings. The Morgan fingerprint density at radius 2 is 2.56 bits per heavy atom. The number of carbonyl (C=O) groups is 1. The van der Waals surface area contributed by atoms with Crippen LogP contribution in [0.4, 0.5) is 4.79 Å². The van der Waals surface area contributed by atoms with Crippen molar-refractivity contribution >= 4 is 6.03 Å². The molecule has 0 spiro atoms. The van der Waals surface area contributed by atoms with Crippen LogP contribution >= 0.6 is 0 Å². The molecule has 1 unspecified atom stereocenters. The summed E-state index contributed by atoms with van der Waals surface area (Å²) in [6.45, 7) is 2.33. The molecular weight excluding hydrogens is 206 g/mol. The molecule has 0 bridgehead atoms. The number of hydrogen-bond acceptors (Lipinski definition) is 3. The van der Waals surface area contributed by atoms with Crippen LogP contribution in [0, 0.1) is 0 Å². The lowest BCUT2D eigenvalue weighted by atomic mass is 10.1. The van der Waals surface area contributed by atoms with E-state index in [-0.39, 0.29) is 12.1 Å². The number of hydrogen-bond donors (Lipinski definition) is 3. The molecule has 3 N–H and O–H groups in total. The molecule has 2 amide bonds. The second-order valence-corrected chi connectivity index (χ2v) is 3.95. The van der Waals surface area contributed by atoms with Gasteiger partial charge in [0, 0.05) is 12.6 Å². The van der Waals surface area contributed by atoms with E-state index in [2.05, 4.69) is 16.0 Å². The van der Waals surface area contributed by atoms with Gasteiger partial charge in [0.1, 0.15) is 5.76 Å². The number of carbonyl (C=O) groups excluding carboxylic acids is 1. The molecule has 1 fully saturated rings. The van der Waals surface area contributed by atoms with Gasteiger partial charge in [0.2, 0.25) is 0 Å². The Balaban J connectivity index is 1.67. The van der Waals surface area contributed by atoms with Gasteiger partial charge in [-0.05, 0) is 31.5 Å². The molecular formula is C11H17N3O2. The first kappa shape index (κ1) is 11.0. The summed E-state index contributed by atoms with van der Waals surface area (Å²) in [6, 6.07) is 3.75. The lowest BCUT2D eigenvalue weighted by molar-refractivity contribution is 0.232. The molecule has 1 aromatic heterocycles. The van der Waals surface area contributed by atoms with Gasteiger partial charge >= 0.3 is 6.03 Å². The molecule has 0 saturated carbocycles. The Morgan fingerprint density at radius 1 is 1.62 bits per heavy atom. The van der Waals surface area contributed by atoms with Crippen LogP contribution in [0.15, 0.2) is 22.8 Å². The average molecular weight is 223 g/mol. The van der Waals surface area contributed by atoms with Gasteiger partial charge in [0.15, 0.2) is 0 Å². The second kappa shape index (κ2) is 5.55. The number of nitrogens with one attached hydrogen (secondary N) is 3. The minimum atomic E-state index is -0.134. The van der Waals surface area contributed by atoms with Crippen molar-refractivity contribution in [3.05, 3.63) is 24.2 Å². The highest BCUT2D eigenvalue weighted by atomic mass is 16.3. The molecule has 1 aliphatic rings. The topological polar surface area (TPSA) is 66.3 Å². The minimum Gasteiger partial charge on any atom is -0.467 e. The van der Waals surface area contributed by atoms with E-state index in [4.69, 9.17) is 4.42 Å². The molecule has 1 aliphatic heterocycles. The fourth-order valence-corrected chi connectivity index (χ4v) is 1.79. The maximum absolute atomic E-state index is 11.5. The summed E-state index contributed by atoms with van der Waals surface area (Å²) in [5, 5.41) is 8.94. The third kappa shape index (κ3) is 3.27. The predicted octanol–water partition coefficient (Wildman–Crippen LogP) is 0.831. The lowest BCUT2D eigenvalue weighted by Gasteiger charge is -2.23. The molecule has 16 heavy (non-hydrogen) atoms. The zero-order chi connectivity index (χ0) is 11.2. The summed E-state index contributed by atoms with van der Waals surface area (Å²) in [5.41, 5.74) is 0. The molecule has 0 aromatic carbocycles. The van der Waals surface area contributed by atoms with Crippen LogP contribution in [0.25, 0.3) is 0 Å². The van der Waals surface area contributed by atoms with Crippen LogP contribution < -0.4 is 16.0 Å². The van der Waals surface area contributed by atoms with Gasteiger partial charge < -0.3 is 20.4 Å². The van der Waals surface area contributed by atoms with E-state index in [9.17, 15) is 4.79 Å². The van der Waals surface area contributed by atoms with Crippen LogP contribution in [0.1, 0.15) is 18.6 Å². The third-order valence-electron chi connectivity index (χ3n) is 2.64. The first-order chi connectivity index (χ1) is 7.84. The number of furan rings is 1. The van der Waals surface area contributed by atoms with Crippen LogP contribution in [0.5, 0.6) is 0 Å². The Labute approximate surface area is 94.6 Å². The highest BCUT2D eigenvalue weighted by Gasteiger charge is 2.14. The van der Waals surface area contributed by atoms with Crippen LogP contribution in [-0.2, 0) is 6.54 Å². The Kier molecular flexibility index (Phi) is 3.82. The van der Waals surface area contributed by atoms with E-state index in [1.807, 2.05) is 6.07 Å². The molecule has 2 rings (SSSR count). The fourth-order valence-electron chi connectivity index (χ4n) is 1.79. The Hall–Kier alpha value is -1.49. The van der Waals surface area contributed by atoms with Crippen molar-refractivity contribution in [3.8, 4) is 0 Å². The Morgan fingerprint density at radius 3 is 3.25 bits per heavy atom. The highest BCUT2D eigenvalue weighted by molar-refractivity contribution is 5.74. The zero-order valence-electron chi connectivity index (χ0n) is 9.16. The van der Waals surface area contributed by atoms with Gasteiger partial charge in [-0.3, -0.25) is 0 Å². The normalized spacial score (nSPS) is 20.4. The highest BCUT2D eigenvalue weighted by Crippen LogP contribution is 2.01. The zero-order valence-corrected chi connectivity index (χ0v) is 9.16. The van der Waals surface area contributed by atoms with Crippen molar-refractivity contribution in [1.29, 1.82) is 0 Å². The van der Waals surface area contributed by atoms with Crippen molar-refractivity contribution < 1.29 is 9.21 Å². The average Bonchev–Trinajstić information content (AvgIpc) is 2.81. The van der Waals surface area contributed by atoms with Crippen molar-refractivity contribution in [2.24, 2.45) is 0 Å². The van der Waals surface area contributed by atoms with Crippen molar-refractivity contribution in [3.63, 3.8) is 0 Å². The van der Waals surface area contributed by atoms with E-state index >= 15 is 0 Å². The van der Waals surface area contributed by atoms with Crippen LogP contribution in [0.3, 0.4) is 0 Å². The summed E-state index contributed by atoms with van der Waals surface area (Å²) >= 11 is 0. The van der Waals surface area contributed by atoms with E-state index < -0.39 is 0 Å². The molecule has 1 atom stereocenters. The lowest BCUT2D eigenvalue weighted by Crippen LogP contribution is -2.48. The van der Waals surface area contributed by atoms with E-state index in [0.717, 1.165) is 31.7 Å². The van der Waals surface area contributed by atoms with Gasteiger partial charge in [0.05, 0.1) is 12.8 Å². The van der Waals surface area contributed by atoms with Gasteiger partial charge in [0.25, 0.3) is 0 Å². The summed E-state index contributed by atoms with van der Waals surface area (Å²) in [6.07, 6.45) is 3.75. The minimum absolute atomic E-state index is 0.134. The Bertz CT molecular complexity index is 318.